The van der Waals surface area contributed by atoms with Gasteiger partial charge in [-0.2, -0.15) is 18.3 Å². The monoisotopic (exact) mass is 311 g/mol. The number of nitrogens with zero attached hydrogens (tertiary/aromatic N) is 3. The Kier molecular flexibility index (Phi) is 3.78. The van der Waals surface area contributed by atoms with Crippen molar-refractivity contribution in [2.75, 3.05) is 31.1 Å². The van der Waals surface area contributed by atoms with E-state index in [0.29, 0.717) is 37.6 Å². The fourth-order valence-electron chi connectivity index (χ4n) is 2.56. The summed E-state index contributed by atoms with van der Waals surface area (Å²) in [5, 5.41) is 9.70. The highest BCUT2D eigenvalue weighted by Gasteiger charge is 2.35. The molecule has 1 aromatic heterocycles. The second kappa shape index (κ2) is 5.60. The van der Waals surface area contributed by atoms with Crippen LogP contribution in [-0.2, 0) is 6.18 Å². The van der Waals surface area contributed by atoms with E-state index < -0.39 is 11.7 Å². The van der Waals surface area contributed by atoms with Gasteiger partial charge in [0.15, 0.2) is 5.82 Å². The summed E-state index contributed by atoms with van der Waals surface area (Å²) < 4.78 is 40.2. The quantitative estimate of drug-likeness (QED) is 0.893. The van der Waals surface area contributed by atoms with Crippen LogP contribution < -0.4 is 10.2 Å². The van der Waals surface area contributed by atoms with Crippen LogP contribution in [0.4, 0.5) is 18.9 Å². The number of piperazine rings is 1. The largest absolute Gasteiger partial charge is 0.418 e. The first-order chi connectivity index (χ1) is 10.4. The Balaban J connectivity index is 2.03. The Labute approximate surface area is 125 Å². The van der Waals surface area contributed by atoms with Crippen molar-refractivity contribution in [3.05, 3.63) is 29.6 Å². The average Bonchev–Trinajstić information content (AvgIpc) is 2.93. The van der Waals surface area contributed by atoms with Crippen LogP contribution >= 0.6 is 0 Å². The van der Waals surface area contributed by atoms with E-state index in [0.717, 1.165) is 6.07 Å². The van der Waals surface area contributed by atoms with E-state index in [9.17, 15) is 13.2 Å². The number of hydrogen-bond acceptors (Lipinski definition) is 4. The van der Waals surface area contributed by atoms with E-state index in [1.165, 1.54) is 6.07 Å². The zero-order chi connectivity index (χ0) is 15.7. The van der Waals surface area contributed by atoms with Crippen molar-refractivity contribution >= 4 is 5.69 Å². The van der Waals surface area contributed by atoms with Gasteiger partial charge < -0.3 is 10.2 Å². The summed E-state index contributed by atoms with van der Waals surface area (Å²) in [7, 11) is 0. The van der Waals surface area contributed by atoms with Crippen LogP contribution in [0.5, 0.6) is 0 Å². The van der Waals surface area contributed by atoms with Crippen molar-refractivity contribution < 1.29 is 13.2 Å². The summed E-state index contributed by atoms with van der Waals surface area (Å²) >= 11 is 0. The molecule has 0 aliphatic carbocycles. The molecule has 3 rings (SSSR count). The number of nitrogens with one attached hydrogen (secondary N) is 2. The highest BCUT2D eigenvalue weighted by atomic mass is 19.4. The smallest absolute Gasteiger partial charge is 0.368 e. The number of aromatic amines is 1. The third kappa shape index (κ3) is 2.92. The molecule has 118 valence electrons. The maximum absolute atomic E-state index is 13.4. The van der Waals surface area contributed by atoms with Gasteiger partial charge in [-0.05, 0) is 25.1 Å². The summed E-state index contributed by atoms with van der Waals surface area (Å²) in [6.07, 6.45) is -4.42. The molecule has 0 bridgehead atoms. The summed E-state index contributed by atoms with van der Waals surface area (Å²) in [6.45, 7) is 4.18. The summed E-state index contributed by atoms with van der Waals surface area (Å²) in [5.74, 6) is 0.838. The minimum atomic E-state index is -4.42. The van der Waals surface area contributed by atoms with E-state index in [4.69, 9.17) is 0 Å². The molecule has 0 spiro atoms. The second-order valence-corrected chi connectivity index (χ2v) is 5.21. The molecular weight excluding hydrogens is 295 g/mol. The number of halogens is 3. The topological polar surface area (TPSA) is 56.8 Å². The molecule has 1 saturated heterocycles. The van der Waals surface area contributed by atoms with Crippen LogP contribution in [0.2, 0.25) is 0 Å². The molecule has 1 aliphatic heterocycles. The van der Waals surface area contributed by atoms with Crippen LogP contribution in [0.1, 0.15) is 11.4 Å². The summed E-state index contributed by atoms with van der Waals surface area (Å²) in [6, 6.07) is 4.27. The number of anilines is 1. The maximum Gasteiger partial charge on any atom is 0.418 e. The van der Waals surface area contributed by atoms with Gasteiger partial charge in [-0.1, -0.05) is 0 Å². The van der Waals surface area contributed by atoms with E-state index in [1.54, 1.807) is 17.9 Å². The van der Waals surface area contributed by atoms with E-state index in [2.05, 4.69) is 20.5 Å². The maximum atomic E-state index is 13.4. The van der Waals surface area contributed by atoms with Crippen molar-refractivity contribution in [1.29, 1.82) is 0 Å². The molecule has 2 heterocycles. The van der Waals surface area contributed by atoms with Gasteiger partial charge in [0.25, 0.3) is 0 Å². The van der Waals surface area contributed by atoms with E-state index >= 15 is 0 Å². The zero-order valence-electron chi connectivity index (χ0n) is 12.0. The number of alkyl halides is 3. The lowest BCUT2D eigenvalue weighted by molar-refractivity contribution is -0.137. The number of H-pyrrole nitrogens is 1. The molecule has 1 aromatic carbocycles. The Morgan fingerprint density at radius 3 is 2.50 bits per heavy atom. The predicted molar refractivity (Wildman–Crippen MR) is 76.6 cm³/mol. The number of aryl methyl sites for hydroxylation is 1. The van der Waals surface area contributed by atoms with Gasteiger partial charge >= 0.3 is 6.18 Å². The minimum Gasteiger partial charge on any atom is -0.368 e. The number of hydrogen-bond donors (Lipinski definition) is 2. The van der Waals surface area contributed by atoms with Crippen LogP contribution in [0, 0.1) is 6.92 Å². The summed E-state index contributed by atoms with van der Waals surface area (Å²) in [4.78, 5) is 5.84. The van der Waals surface area contributed by atoms with Crippen LogP contribution in [0.3, 0.4) is 0 Å². The molecule has 0 amide bonds. The first-order valence-corrected chi connectivity index (χ1v) is 7.01. The molecule has 1 aliphatic rings. The van der Waals surface area contributed by atoms with Gasteiger partial charge in [0, 0.05) is 37.4 Å². The first-order valence-electron chi connectivity index (χ1n) is 7.01. The van der Waals surface area contributed by atoms with Gasteiger partial charge in [0.2, 0.25) is 0 Å². The minimum absolute atomic E-state index is 0.213. The molecule has 2 N–H and O–H groups in total. The van der Waals surface area contributed by atoms with Crippen LogP contribution in [-0.4, -0.2) is 41.4 Å². The number of benzene rings is 1. The van der Waals surface area contributed by atoms with Gasteiger partial charge in [-0.25, -0.2) is 4.98 Å². The number of aromatic nitrogens is 3. The molecule has 5 nitrogen and oxygen atoms in total. The number of rotatable bonds is 2. The van der Waals surface area contributed by atoms with Crippen LogP contribution in [0.15, 0.2) is 18.2 Å². The molecule has 8 heteroatoms. The molecule has 22 heavy (non-hydrogen) atoms. The molecule has 0 atom stereocenters. The van der Waals surface area contributed by atoms with Gasteiger partial charge in [-0.3, -0.25) is 5.10 Å². The Morgan fingerprint density at radius 2 is 1.91 bits per heavy atom. The van der Waals surface area contributed by atoms with Gasteiger partial charge in [0.05, 0.1) is 5.56 Å². The van der Waals surface area contributed by atoms with Gasteiger partial charge in [-0.15, -0.1) is 0 Å². The third-order valence-corrected chi connectivity index (χ3v) is 3.62. The molecule has 0 saturated carbocycles. The fourth-order valence-corrected chi connectivity index (χ4v) is 2.56. The van der Waals surface area contributed by atoms with Gasteiger partial charge in [0.1, 0.15) is 5.82 Å². The first kappa shape index (κ1) is 14.8. The molecule has 2 aromatic rings. The Hall–Kier alpha value is -2.09. The normalized spacial score (nSPS) is 16.1. The highest BCUT2D eigenvalue weighted by Crippen LogP contribution is 2.38. The predicted octanol–water partition coefficient (Wildman–Crippen LogP) is 2.21. The van der Waals surface area contributed by atoms with Crippen LogP contribution in [0.25, 0.3) is 11.4 Å². The lowest BCUT2D eigenvalue weighted by atomic mass is 10.1. The van der Waals surface area contributed by atoms with E-state index in [1.807, 2.05) is 0 Å². The standard InChI is InChI=1S/C14H16F3N5/c1-9-19-13(21-20-9)10-2-3-12(11(8-10)14(15,16)17)22-6-4-18-5-7-22/h2-3,8,18H,4-7H2,1H3,(H,19,20,21). The SMILES string of the molecule is Cc1nc(-c2ccc(N3CCNCC3)c(C(F)(F)F)c2)n[nH]1. The average molecular weight is 311 g/mol. The molecular formula is C14H16F3N5. The van der Waals surface area contributed by atoms with Crippen molar-refractivity contribution in [2.45, 2.75) is 13.1 Å². The van der Waals surface area contributed by atoms with E-state index in [-0.39, 0.29) is 11.5 Å². The highest BCUT2D eigenvalue weighted by molar-refractivity contribution is 5.65. The van der Waals surface area contributed by atoms with Crippen molar-refractivity contribution in [2.24, 2.45) is 0 Å². The second-order valence-electron chi connectivity index (χ2n) is 5.21. The fraction of sp³-hybridized carbons (Fsp3) is 0.429. The lowest BCUT2D eigenvalue weighted by Crippen LogP contribution is -2.44. The Bertz CT molecular complexity index is 659. The molecule has 0 radical (unpaired) electrons. The van der Waals surface area contributed by atoms with Crippen molar-refractivity contribution in [3.63, 3.8) is 0 Å². The third-order valence-electron chi connectivity index (χ3n) is 3.62. The van der Waals surface area contributed by atoms with Crippen molar-refractivity contribution in [1.82, 2.24) is 20.5 Å². The van der Waals surface area contributed by atoms with Crippen molar-refractivity contribution in [3.8, 4) is 11.4 Å². The molecule has 1 fully saturated rings. The zero-order valence-corrected chi connectivity index (χ0v) is 12.0. The lowest BCUT2D eigenvalue weighted by Gasteiger charge is -2.31. The molecule has 0 unspecified atom stereocenters. The summed E-state index contributed by atoms with van der Waals surface area (Å²) in [5.41, 5.74) is -0.0741. The Morgan fingerprint density at radius 1 is 1.18 bits per heavy atom.